The van der Waals surface area contributed by atoms with Gasteiger partial charge in [-0.05, 0) is 26.8 Å². The topological polar surface area (TPSA) is 84.7 Å². The highest BCUT2D eigenvalue weighted by Crippen LogP contribution is 2.29. The lowest BCUT2D eigenvalue weighted by atomic mass is 10.0. The number of piperazine rings is 1. The van der Waals surface area contributed by atoms with Crippen molar-refractivity contribution in [3.05, 3.63) is 39.7 Å². The van der Waals surface area contributed by atoms with E-state index in [-0.39, 0.29) is 11.3 Å². The van der Waals surface area contributed by atoms with E-state index in [1.54, 1.807) is 20.8 Å². The molecule has 1 aliphatic heterocycles. The van der Waals surface area contributed by atoms with Crippen LogP contribution in [0.4, 0.5) is 14.9 Å². The number of nitro groups is 1. The van der Waals surface area contributed by atoms with Gasteiger partial charge in [-0.2, -0.15) is 0 Å². The summed E-state index contributed by atoms with van der Waals surface area (Å²) >= 11 is 0. The van der Waals surface area contributed by atoms with Crippen molar-refractivity contribution in [2.24, 2.45) is 0 Å². The molecule has 0 radical (unpaired) electrons. The van der Waals surface area contributed by atoms with Crippen molar-refractivity contribution in [3.63, 3.8) is 0 Å². The molecule has 1 N–H and O–H groups in total. The molecule has 8 heteroatoms. The van der Waals surface area contributed by atoms with E-state index in [1.807, 2.05) is 0 Å². The quantitative estimate of drug-likeness (QED) is 0.667. The van der Waals surface area contributed by atoms with E-state index in [9.17, 15) is 19.3 Å². The third kappa shape index (κ3) is 4.16. The smallest absolute Gasteiger partial charge is 0.410 e. The summed E-state index contributed by atoms with van der Waals surface area (Å²) in [6, 6.07) is 2.67. The molecule has 1 fully saturated rings. The van der Waals surface area contributed by atoms with E-state index in [1.165, 1.54) is 11.0 Å². The Bertz CT molecular complexity index is 615. The number of nitrogens with one attached hydrogen (secondary N) is 1. The molecule has 7 nitrogen and oxygen atoms in total. The maximum Gasteiger partial charge on any atom is 0.410 e. The van der Waals surface area contributed by atoms with Crippen molar-refractivity contribution >= 4 is 11.8 Å². The number of halogens is 1. The van der Waals surface area contributed by atoms with Crippen LogP contribution in [0.2, 0.25) is 0 Å². The Morgan fingerprint density at radius 1 is 1.48 bits per heavy atom. The zero-order valence-electron chi connectivity index (χ0n) is 13.3. The molecule has 0 bridgehead atoms. The number of carbonyl (C=O) groups is 1. The summed E-state index contributed by atoms with van der Waals surface area (Å²) in [5.74, 6) is -0.585. The Morgan fingerprint density at radius 3 is 2.78 bits per heavy atom. The third-order valence-electron chi connectivity index (χ3n) is 3.42. The highest BCUT2D eigenvalue weighted by molar-refractivity contribution is 5.69. The number of hydrogen-bond donors (Lipinski definition) is 1. The predicted octanol–water partition coefficient (Wildman–Crippen LogP) is 2.62. The summed E-state index contributed by atoms with van der Waals surface area (Å²) in [4.78, 5) is 24.1. The first-order chi connectivity index (χ1) is 10.7. The zero-order valence-corrected chi connectivity index (χ0v) is 13.3. The van der Waals surface area contributed by atoms with Crippen LogP contribution in [0, 0.1) is 15.9 Å². The lowest BCUT2D eigenvalue weighted by Gasteiger charge is -2.37. The molecule has 1 atom stereocenters. The van der Waals surface area contributed by atoms with Crippen molar-refractivity contribution in [1.82, 2.24) is 10.2 Å². The van der Waals surface area contributed by atoms with Crippen molar-refractivity contribution in [2.75, 3.05) is 19.6 Å². The number of rotatable bonds is 2. The first-order valence-electron chi connectivity index (χ1n) is 7.33. The molecule has 0 aromatic heterocycles. The summed E-state index contributed by atoms with van der Waals surface area (Å²) in [6.07, 6.45) is -0.560. The van der Waals surface area contributed by atoms with Crippen LogP contribution in [-0.4, -0.2) is 41.2 Å². The summed E-state index contributed by atoms with van der Waals surface area (Å²) in [5, 5.41) is 14.0. The van der Waals surface area contributed by atoms with E-state index in [0.717, 1.165) is 12.1 Å². The Hall–Kier alpha value is -2.22. The number of nitrogens with zero attached hydrogens (tertiary/aromatic N) is 2. The monoisotopic (exact) mass is 325 g/mol. The van der Waals surface area contributed by atoms with E-state index < -0.39 is 28.5 Å². The molecule has 126 valence electrons. The first kappa shape index (κ1) is 17.1. The molecular formula is C15H20FN3O4. The van der Waals surface area contributed by atoms with Gasteiger partial charge < -0.3 is 10.1 Å². The highest BCUT2D eigenvalue weighted by atomic mass is 19.1. The molecule has 1 aliphatic rings. The van der Waals surface area contributed by atoms with Crippen molar-refractivity contribution in [1.29, 1.82) is 0 Å². The molecule has 1 aromatic rings. The number of carbonyl (C=O) groups excluding carboxylic acids is 1. The molecule has 1 aromatic carbocycles. The lowest BCUT2D eigenvalue weighted by Crippen LogP contribution is -2.50. The predicted molar refractivity (Wildman–Crippen MR) is 81.6 cm³/mol. The number of non-ortho nitro benzene ring substituents is 1. The highest BCUT2D eigenvalue weighted by Gasteiger charge is 2.33. The van der Waals surface area contributed by atoms with Gasteiger partial charge in [0.25, 0.3) is 5.69 Å². The molecule has 23 heavy (non-hydrogen) atoms. The standard InChI is InChI=1S/C15H20FN3O4/c1-15(2,3)23-14(20)18-7-6-17-9-13(18)11-8-10(19(21)22)4-5-12(11)16/h4-5,8,13,17H,6-7,9H2,1-3H3. The van der Waals surface area contributed by atoms with Crippen LogP contribution in [0.5, 0.6) is 0 Å². The van der Waals surface area contributed by atoms with Gasteiger partial charge in [0, 0.05) is 37.3 Å². The molecule has 0 saturated carbocycles. The van der Waals surface area contributed by atoms with Gasteiger partial charge in [-0.15, -0.1) is 0 Å². The van der Waals surface area contributed by atoms with Gasteiger partial charge in [0.15, 0.2) is 0 Å². The van der Waals surface area contributed by atoms with Gasteiger partial charge in [0.2, 0.25) is 0 Å². The second-order valence-corrected chi connectivity index (χ2v) is 6.36. The molecule has 0 spiro atoms. The fourth-order valence-electron chi connectivity index (χ4n) is 2.42. The largest absolute Gasteiger partial charge is 0.444 e. The van der Waals surface area contributed by atoms with Crippen LogP contribution in [0.25, 0.3) is 0 Å². The lowest BCUT2D eigenvalue weighted by molar-refractivity contribution is -0.385. The van der Waals surface area contributed by atoms with Crippen molar-refractivity contribution in [3.8, 4) is 0 Å². The van der Waals surface area contributed by atoms with Crippen LogP contribution in [-0.2, 0) is 4.74 Å². The summed E-state index contributed by atoms with van der Waals surface area (Å²) in [7, 11) is 0. The van der Waals surface area contributed by atoms with E-state index in [0.29, 0.717) is 19.6 Å². The van der Waals surface area contributed by atoms with Crippen LogP contribution in [0.1, 0.15) is 32.4 Å². The maximum absolute atomic E-state index is 14.2. The zero-order chi connectivity index (χ0) is 17.2. The second kappa shape index (κ2) is 6.49. The Kier molecular flexibility index (Phi) is 4.84. The van der Waals surface area contributed by atoms with Gasteiger partial charge >= 0.3 is 6.09 Å². The Balaban J connectivity index is 2.33. The fraction of sp³-hybridized carbons (Fsp3) is 0.533. The second-order valence-electron chi connectivity index (χ2n) is 6.36. The molecule has 0 aliphatic carbocycles. The van der Waals surface area contributed by atoms with Gasteiger partial charge in [0.05, 0.1) is 11.0 Å². The van der Waals surface area contributed by atoms with Crippen molar-refractivity contribution in [2.45, 2.75) is 32.4 Å². The summed E-state index contributed by atoms with van der Waals surface area (Å²) in [6.45, 7) is 6.42. The SMILES string of the molecule is CC(C)(C)OC(=O)N1CCNCC1c1cc([N+](=O)[O-])ccc1F. The van der Waals surface area contributed by atoms with Crippen LogP contribution in [0.3, 0.4) is 0 Å². The Morgan fingerprint density at radius 2 is 2.17 bits per heavy atom. The van der Waals surface area contributed by atoms with E-state index in [4.69, 9.17) is 4.74 Å². The molecule has 1 amide bonds. The van der Waals surface area contributed by atoms with Crippen LogP contribution in [0.15, 0.2) is 18.2 Å². The number of ether oxygens (including phenoxy) is 1. The minimum atomic E-state index is -0.673. The number of hydrogen-bond acceptors (Lipinski definition) is 5. The molecule has 1 heterocycles. The normalized spacial score (nSPS) is 18.6. The minimum absolute atomic E-state index is 0.109. The van der Waals surface area contributed by atoms with Crippen LogP contribution >= 0.6 is 0 Å². The molecule has 1 saturated heterocycles. The van der Waals surface area contributed by atoms with Gasteiger partial charge in [-0.3, -0.25) is 15.0 Å². The fourth-order valence-corrected chi connectivity index (χ4v) is 2.42. The first-order valence-corrected chi connectivity index (χ1v) is 7.33. The third-order valence-corrected chi connectivity index (χ3v) is 3.42. The molecule has 2 rings (SSSR count). The number of amides is 1. The molecular weight excluding hydrogens is 305 g/mol. The molecule has 1 unspecified atom stereocenters. The van der Waals surface area contributed by atoms with Gasteiger partial charge in [-0.1, -0.05) is 0 Å². The van der Waals surface area contributed by atoms with Gasteiger partial charge in [-0.25, -0.2) is 9.18 Å². The van der Waals surface area contributed by atoms with E-state index >= 15 is 0 Å². The average molecular weight is 325 g/mol. The number of nitro benzene ring substituents is 1. The maximum atomic E-state index is 14.2. The van der Waals surface area contributed by atoms with Crippen molar-refractivity contribution < 1.29 is 18.8 Å². The van der Waals surface area contributed by atoms with Crippen LogP contribution < -0.4 is 5.32 Å². The Labute approximate surface area is 133 Å². The number of benzene rings is 1. The minimum Gasteiger partial charge on any atom is -0.444 e. The average Bonchev–Trinajstić information content (AvgIpc) is 2.45. The summed E-state index contributed by atoms with van der Waals surface area (Å²) in [5.41, 5.74) is -0.776. The summed E-state index contributed by atoms with van der Waals surface area (Å²) < 4.78 is 19.5. The van der Waals surface area contributed by atoms with E-state index in [2.05, 4.69) is 5.32 Å². The van der Waals surface area contributed by atoms with Gasteiger partial charge in [0.1, 0.15) is 11.4 Å².